The lowest BCUT2D eigenvalue weighted by molar-refractivity contribution is 0.0809. The van der Waals surface area contributed by atoms with Crippen molar-refractivity contribution in [1.82, 2.24) is 24.6 Å². The molecule has 0 bridgehead atoms. The third-order valence-electron chi connectivity index (χ3n) is 5.93. The molecule has 0 spiro atoms. The Hall–Kier alpha value is -3.26. The van der Waals surface area contributed by atoms with Crippen LogP contribution in [0, 0.1) is 0 Å². The maximum Gasteiger partial charge on any atom is 0.223 e. The summed E-state index contributed by atoms with van der Waals surface area (Å²) in [4.78, 5) is 13.9. The molecule has 5 rings (SSSR count). The summed E-state index contributed by atoms with van der Waals surface area (Å²) in [6.07, 6.45) is 4.37. The smallest absolute Gasteiger partial charge is 0.223 e. The summed E-state index contributed by atoms with van der Waals surface area (Å²) in [7, 11) is 1.63. The molecular weight excluding hydrogens is 392 g/mol. The summed E-state index contributed by atoms with van der Waals surface area (Å²) in [5.74, 6) is 2.51. The minimum Gasteiger partial charge on any atom is -0.497 e. The number of nitrogen functional groups attached to an aromatic ring is 1. The topological polar surface area (TPSA) is 111 Å². The quantitative estimate of drug-likeness (QED) is 0.512. The first-order valence-corrected chi connectivity index (χ1v) is 10.5. The van der Waals surface area contributed by atoms with Gasteiger partial charge < -0.3 is 15.6 Å². The van der Waals surface area contributed by atoms with Crippen LogP contribution in [0.1, 0.15) is 55.6 Å². The Balaban J connectivity index is 1.36. The predicted molar refractivity (Wildman–Crippen MR) is 118 cm³/mol. The number of nitrogens with zero attached hydrogens (tertiary/aromatic N) is 5. The largest absolute Gasteiger partial charge is 0.497 e. The van der Waals surface area contributed by atoms with E-state index < -0.39 is 5.60 Å². The third-order valence-corrected chi connectivity index (χ3v) is 5.93. The fourth-order valence-corrected chi connectivity index (χ4v) is 4.28. The van der Waals surface area contributed by atoms with Crippen LogP contribution in [0.4, 0.5) is 5.95 Å². The van der Waals surface area contributed by atoms with E-state index in [1.807, 2.05) is 24.4 Å². The lowest BCUT2D eigenvalue weighted by atomic mass is 9.72. The van der Waals surface area contributed by atoms with Gasteiger partial charge >= 0.3 is 0 Å². The SMILES string of the molecule is COc1ccc2c(c1)nc(N)n1nc([C@H]3C[C@@H](c4ccc(CC(C)(C)O)cn4)C3)nc21. The summed E-state index contributed by atoms with van der Waals surface area (Å²) in [5.41, 5.74) is 9.00. The van der Waals surface area contributed by atoms with E-state index in [2.05, 4.69) is 27.2 Å². The number of anilines is 1. The zero-order valence-corrected chi connectivity index (χ0v) is 17.9. The van der Waals surface area contributed by atoms with E-state index in [4.69, 9.17) is 15.5 Å². The average molecular weight is 419 g/mol. The van der Waals surface area contributed by atoms with Gasteiger partial charge in [0, 0.05) is 41.6 Å². The van der Waals surface area contributed by atoms with Crippen molar-refractivity contribution in [3.8, 4) is 5.75 Å². The Labute approximate surface area is 180 Å². The number of hydrogen-bond acceptors (Lipinski definition) is 7. The molecule has 1 aliphatic carbocycles. The fraction of sp³-hybridized carbons (Fsp3) is 0.391. The van der Waals surface area contributed by atoms with Crippen LogP contribution in [-0.4, -0.2) is 42.4 Å². The molecule has 1 aromatic carbocycles. The van der Waals surface area contributed by atoms with E-state index in [0.29, 0.717) is 18.3 Å². The number of ether oxygens (including phenoxy) is 1. The van der Waals surface area contributed by atoms with Gasteiger partial charge in [0.15, 0.2) is 11.5 Å². The molecule has 8 nitrogen and oxygen atoms in total. The number of rotatable bonds is 5. The summed E-state index contributed by atoms with van der Waals surface area (Å²) in [6, 6.07) is 9.82. The second-order valence-electron chi connectivity index (χ2n) is 9.00. The normalized spacial score (nSPS) is 19.0. The van der Waals surface area contributed by atoms with Gasteiger partial charge in [-0.05, 0) is 50.5 Å². The van der Waals surface area contributed by atoms with Gasteiger partial charge in [-0.25, -0.2) is 9.97 Å². The molecule has 3 heterocycles. The zero-order chi connectivity index (χ0) is 21.8. The minimum atomic E-state index is -0.731. The van der Waals surface area contributed by atoms with E-state index in [1.54, 1.807) is 25.5 Å². The lowest BCUT2D eigenvalue weighted by Crippen LogP contribution is -2.23. The third kappa shape index (κ3) is 3.67. The molecule has 1 fully saturated rings. The molecule has 0 radical (unpaired) electrons. The summed E-state index contributed by atoms with van der Waals surface area (Å²) in [5, 5.41) is 15.5. The Morgan fingerprint density at radius 2 is 1.97 bits per heavy atom. The standard InChI is InChI=1S/C23H26N6O2/c1-23(2,30)11-13-4-7-18(25-12-13)14-8-15(9-14)20-27-21-17-6-5-16(31-3)10-19(17)26-22(24)29(21)28-20/h4-7,10,12,14-15,30H,8-9,11H2,1-3H3,(H2,24,26)/t14-,15+. The predicted octanol–water partition coefficient (Wildman–Crippen LogP) is 3.24. The summed E-state index contributed by atoms with van der Waals surface area (Å²) >= 11 is 0. The first-order chi connectivity index (χ1) is 14.8. The van der Waals surface area contributed by atoms with Crippen LogP contribution < -0.4 is 10.5 Å². The van der Waals surface area contributed by atoms with Crippen molar-refractivity contribution in [2.45, 2.75) is 50.5 Å². The minimum absolute atomic E-state index is 0.274. The molecule has 3 aromatic heterocycles. The van der Waals surface area contributed by atoms with Crippen LogP contribution in [0.2, 0.25) is 0 Å². The summed E-state index contributed by atoms with van der Waals surface area (Å²) in [6.45, 7) is 3.61. The van der Waals surface area contributed by atoms with Crippen molar-refractivity contribution in [1.29, 1.82) is 0 Å². The Morgan fingerprint density at radius 1 is 1.16 bits per heavy atom. The second kappa shape index (κ2) is 7.16. The first kappa shape index (κ1) is 19.7. The molecule has 1 aliphatic rings. The van der Waals surface area contributed by atoms with Gasteiger partial charge in [-0.3, -0.25) is 4.98 Å². The van der Waals surface area contributed by atoms with Gasteiger partial charge in [0.05, 0.1) is 18.2 Å². The van der Waals surface area contributed by atoms with Crippen LogP contribution in [0.3, 0.4) is 0 Å². The Bertz CT molecular complexity index is 1250. The van der Waals surface area contributed by atoms with E-state index >= 15 is 0 Å². The van der Waals surface area contributed by atoms with E-state index in [0.717, 1.165) is 52.2 Å². The molecule has 8 heteroatoms. The van der Waals surface area contributed by atoms with Gasteiger partial charge in [-0.2, -0.15) is 4.52 Å². The Kier molecular flexibility index (Phi) is 4.55. The monoisotopic (exact) mass is 418 g/mol. The van der Waals surface area contributed by atoms with E-state index in [9.17, 15) is 5.11 Å². The number of hydrogen-bond donors (Lipinski definition) is 2. The van der Waals surface area contributed by atoms with Gasteiger partial charge in [0.25, 0.3) is 0 Å². The van der Waals surface area contributed by atoms with Crippen molar-refractivity contribution in [3.05, 3.63) is 53.6 Å². The molecule has 4 aromatic rings. The number of pyridine rings is 1. The van der Waals surface area contributed by atoms with Gasteiger partial charge in [-0.1, -0.05) is 6.07 Å². The lowest BCUT2D eigenvalue weighted by Gasteiger charge is -2.33. The number of methoxy groups -OCH3 is 1. The van der Waals surface area contributed by atoms with Crippen molar-refractivity contribution in [2.75, 3.05) is 12.8 Å². The average Bonchev–Trinajstić information content (AvgIpc) is 3.12. The highest BCUT2D eigenvalue weighted by atomic mass is 16.5. The van der Waals surface area contributed by atoms with Crippen LogP contribution >= 0.6 is 0 Å². The molecular formula is C23H26N6O2. The highest BCUT2D eigenvalue weighted by Crippen LogP contribution is 2.46. The molecule has 0 aliphatic heterocycles. The number of fused-ring (bicyclic) bond motifs is 3. The van der Waals surface area contributed by atoms with Gasteiger partial charge in [0.1, 0.15) is 5.75 Å². The van der Waals surface area contributed by atoms with Crippen LogP contribution in [-0.2, 0) is 6.42 Å². The van der Waals surface area contributed by atoms with E-state index in [-0.39, 0.29) is 5.92 Å². The van der Waals surface area contributed by atoms with Crippen LogP contribution in [0.25, 0.3) is 16.6 Å². The van der Waals surface area contributed by atoms with Crippen molar-refractivity contribution in [2.24, 2.45) is 0 Å². The van der Waals surface area contributed by atoms with Crippen molar-refractivity contribution >= 4 is 22.5 Å². The molecule has 31 heavy (non-hydrogen) atoms. The van der Waals surface area contributed by atoms with Crippen LogP contribution in [0.15, 0.2) is 36.5 Å². The first-order valence-electron chi connectivity index (χ1n) is 10.5. The highest BCUT2D eigenvalue weighted by Gasteiger charge is 2.35. The molecule has 1 saturated carbocycles. The number of benzene rings is 1. The fourth-order valence-electron chi connectivity index (χ4n) is 4.28. The molecule has 0 atom stereocenters. The van der Waals surface area contributed by atoms with Crippen molar-refractivity contribution < 1.29 is 9.84 Å². The molecule has 160 valence electrons. The molecule has 0 saturated heterocycles. The van der Waals surface area contributed by atoms with Gasteiger partial charge in [-0.15, -0.1) is 5.10 Å². The second-order valence-corrected chi connectivity index (χ2v) is 9.00. The van der Waals surface area contributed by atoms with E-state index in [1.165, 1.54) is 0 Å². The summed E-state index contributed by atoms with van der Waals surface area (Å²) < 4.78 is 6.91. The maximum atomic E-state index is 9.98. The van der Waals surface area contributed by atoms with Crippen LogP contribution in [0.5, 0.6) is 5.75 Å². The Morgan fingerprint density at radius 3 is 2.65 bits per heavy atom. The number of aromatic nitrogens is 5. The number of nitrogens with two attached hydrogens (primary N) is 1. The molecule has 0 unspecified atom stereocenters. The maximum absolute atomic E-state index is 9.98. The zero-order valence-electron chi connectivity index (χ0n) is 17.9. The van der Waals surface area contributed by atoms with Gasteiger partial charge in [0.2, 0.25) is 5.95 Å². The molecule has 0 amide bonds. The number of aliphatic hydroxyl groups is 1. The molecule has 3 N–H and O–H groups in total. The van der Waals surface area contributed by atoms with Crippen molar-refractivity contribution in [3.63, 3.8) is 0 Å². The highest BCUT2D eigenvalue weighted by molar-refractivity contribution is 5.93.